The van der Waals surface area contributed by atoms with Gasteiger partial charge in [-0.2, -0.15) is 0 Å². The van der Waals surface area contributed by atoms with E-state index >= 15 is 0 Å². The van der Waals surface area contributed by atoms with Gasteiger partial charge in [0.25, 0.3) is 0 Å². The molecule has 0 amide bonds. The minimum atomic E-state index is -2.09. The maximum Gasteiger partial charge on any atom is 0.508 e. The molecule has 0 unspecified atom stereocenters. The summed E-state index contributed by atoms with van der Waals surface area (Å²) < 4.78 is 10.6. The third-order valence-electron chi connectivity index (χ3n) is 3.41. The molecule has 0 saturated heterocycles. The van der Waals surface area contributed by atoms with Crippen LogP contribution in [0.4, 0.5) is 4.79 Å². The summed E-state index contributed by atoms with van der Waals surface area (Å²) in [5, 5.41) is 0. The fourth-order valence-electron chi connectivity index (χ4n) is 1.24. The molecular weight excluding hydrogens is 276 g/mol. The summed E-state index contributed by atoms with van der Waals surface area (Å²) >= 11 is 0. The smallest absolute Gasteiger partial charge is 0.437 e. The van der Waals surface area contributed by atoms with Gasteiger partial charge in [0.2, 0.25) is 0 Å². The second-order valence-corrected chi connectivity index (χ2v) is 9.67. The maximum atomic E-state index is 11.7. The highest BCUT2D eigenvalue weighted by molar-refractivity contribution is 6.93. The van der Waals surface area contributed by atoms with Crippen LogP contribution in [-0.4, -0.2) is 46.5 Å². The van der Waals surface area contributed by atoms with Gasteiger partial charge < -0.3 is 9.47 Å². The summed E-state index contributed by atoms with van der Waals surface area (Å²) in [7, 11) is -0.0729. The van der Waals surface area contributed by atoms with Crippen molar-refractivity contribution in [3.63, 3.8) is 0 Å². The van der Waals surface area contributed by atoms with Gasteiger partial charge in [0.05, 0.1) is 6.23 Å². The van der Waals surface area contributed by atoms with E-state index in [1.54, 1.807) is 17.1 Å². The highest BCUT2D eigenvalue weighted by Crippen LogP contribution is 2.19. The van der Waals surface area contributed by atoms with Crippen molar-refractivity contribution in [1.29, 1.82) is 0 Å². The first-order chi connectivity index (χ1) is 8.40. The molecule has 0 N–H and O–H groups in total. The highest BCUT2D eigenvalue weighted by atomic mass is 28.3. The summed E-state index contributed by atoms with van der Waals surface area (Å²) in [6.07, 6.45) is -0.327. The fourth-order valence-corrected chi connectivity index (χ4v) is 4.75. The number of hydrogen-bond acceptors (Lipinski definition) is 3. The second kappa shape index (κ2) is 7.55. The molecule has 3 nitrogen and oxygen atoms in total. The maximum absolute atomic E-state index is 11.7. The fraction of sp³-hybridized carbons (Fsp3) is 0.417. The molecule has 0 spiro atoms. The van der Waals surface area contributed by atoms with Gasteiger partial charge in [0.1, 0.15) is 5.60 Å². The van der Waals surface area contributed by atoms with Crippen molar-refractivity contribution >= 4 is 34.7 Å². The monoisotopic (exact) mass is 300 g/mol. The van der Waals surface area contributed by atoms with Crippen molar-refractivity contribution in [2.24, 2.45) is 0 Å². The van der Waals surface area contributed by atoms with Gasteiger partial charge in [0, 0.05) is 20.5 Å². The van der Waals surface area contributed by atoms with Crippen molar-refractivity contribution in [3.05, 3.63) is 36.8 Å². The number of hydrogen-bond donors (Lipinski definition) is 0. The third-order valence-corrected chi connectivity index (χ3v) is 9.32. The van der Waals surface area contributed by atoms with Gasteiger partial charge in [-0.1, -0.05) is 17.1 Å². The van der Waals surface area contributed by atoms with E-state index in [9.17, 15) is 4.79 Å². The number of rotatable bonds is 8. The largest absolute Gasteiger partial charge is 0.508 e. The number of carbonyl (C=O) groups excluding carboxylic acids is 1. The van der Waals surface area contributed by atoms with Crippen LogP contribution in [0, 0.1) is 0 Å². The van der Waals surface area contributed by atoms with Crippen LogP contribution in [0.15, 0.2) is 36.8 Å². The molecule has 0 fully saturated rings. The lowest BCUT2D eigenvalue weighted by Crippen LogP contribution is -2.37. The van der Waals surface area contributed by atoms with Gasteiger partial charge in [-0.05, 0) is 19.0 Å². The van der Waals surface area contributed by atoms with Crippen LogP contribution in [0.25, 0.3) is 0 Å². The lowest BCUT2D eigenvalue weighted by atomic mass is 10.2. The summed E-state index contributed by atoms with van der Waals surface area (Å²) in [5.41, 5.74) is 5.03. The molecule has 0 aliphatic rings. The van der Waals surface area contributed by atoms with Crippen LogP contribution in [0.1, 0.15) is 6.92 Å². The first-order valence-corrected chi connectivity index (χ1v) is 11.4. The Morgan fingerprint density at radius 3 is 2.00 bits per heavy atom. The molecule has 0 aromatic heterocycles. The minimum absolute atomic E-state index is 0.265. The van der Waals surface area contributed by atoms with Crippen molar-refractivity contribution in [2.75, 3.05) is 6.23 Å². The topological polar surface area (TPSA) is 35.5 Å². The normalized spacial score (nSPS) is 14.5. The third kappa shape index (κ3) is 4.79. The van der Waals surface area contributed by atoms with Crippen LogP contribution < -0.4 is 0 Å². The Morgan fingerprint density at radius 1 is 1.22 bits per heavy atom. The van der Waals surface area contributed by atoms with E-state index in [-0.39, 0.29) is 11.8 Å². The Morgan fingerprint density at radius 2 is 1.67 bits per heavy atom. The van der Waals surface area contributed by atoms with Crippen LogP contribution in [0.5, 0.6) is 0 Å². The molecule has 0 rings (SSSR count). The van der Waals surface area contributed by atoms with Gasteiger partial charge in [-0.25, -0.2) is 4.79 Å². The Labute approximate surface area is 117 Å². The average Bonchev–Trinajstić information content (AvgIpc) is 2.41. The molecule has 6 heteroatoms. The highest BCUT2D eigenvalue weighted by Gasteiger charge is 2.28. The van der Waals surface area contributed by atoms with Gasteiger partial charge >= 0.3 is 6.16 Å². The van der Waals surface area contributed by atoms with E-state index in [1.165, 1.54) is 0 Å². The Kier molecular flexibility index (Phi) is 7.19. The standard InChI is InChI=1S/C12H24O3Si3/c1-5-18(6-2,7-3)10-14-11(13)15-12(4,8-16)9-17/h5-7H,1-3,8-10H2,4,16-17H3. The summed E-state index contributed by atoms with van der Waals surface area (Å²) in [6, 6.07) is 1.86. The lowest BCUT2D eigenvalue weighted by molar-refractivity contribution is 0.000225. The first-order valence-electron chi connectivity index (χ1n) is 6.17. The molecule has 0 heterocycles. The second-order valence-electron chi connectivity index (χ2n) is 4.52. The SMILES string of the molecule is C=C[Si](C=C)(C=C)COC(=O)OC(C)(C[SiH3])C[SiH3]. The van der Waals surface area contributed by atoms with E-state index in [0.29, 0.717) is 0 Å². The molecule has 0 radical (unpaired) electrons. The van der Waals surface area contributed by atoms with Crippen LogP contribution in [0.2, 0.25) is 12.1 Å². The molecular formula is C12H24O3Si3. The van der Waals surface area contributed by atoms with Gasteiger partial charge in [0.15, 0.2) is 8.07 Å². The number of ether oxygens (including phenoxy) is 2. The molecule has 0 aliphatic carbocycles. The summed E-state index contributed by atoms with van der Waals surface area (Å²) in [6.45, 7) is 13.2. The summed E-state index contributed by atoms with van der Waals surface area (Å²) in [4.78, 5) is 11.7. The first kappa shape index (κ1) is 17.1. The van der Waals surface area contributed by atoms with Crippen molar-refractivity contribution in [1.82, 2.24) is 0 Å². The predicted molar refractivity (Wildman–Crippen MR) is 86.7 cm³/mol. The van der Waals surface area contributed by atoms with Crippen molar-refractivity contribution < 1.29 is 14.3 Å². The molecule has 0 aromatic carbocycles. The quantitative estimate of drug-likeness (QED) is 0.487. The molecule has 0 atom stereocenters. The average molecular weight is 301 g/mol. The van der Waals surface area contributed by atoms with Crippen LogP contribution >= 0.6 is 0 Å². The molecule has 0 aliphatic heterocycles. The van der Waals surface area contributed by atoms with Crippen molar-refractivity contribution in [3.8, 4) is 0 Å². The molecule has 102 valence electrons. The van der Waals surface area contributed by atoms with Crippen LogP contribution in [0.3, 0.4) is 0 Å². The molecule has 0 saturated carbocycles. The Hall–Kier alpha value is -0.859. The zero-order chi connectivity index (χ0) is 14.2. The van der Waals surface area contributed by atoms with E-state index in [0.717, 1.165) is 32.6 Å². The lowest BCUT2D eigenvalue weighted by Gasteiger charge is -2.27. The van der Waals surface area contributed by atoms with E-state index in [4.69, 9.17) is 9.47 Å². The Bertz CT molecular complexity index is 303. The minimum Gasteiger partial charge on any atom is -0.437 e. The van der Waals surface area contributed by atoms with E-state index in [1.807, 2.05) is 6.92 Å². The Balaban J connectivity index is 4.47. The van der Waals surface area contributed by atoms with E-state index in [2.05, 4.69) is 19.7 Å². The predicted octanol–water partition coefficient (Wildman–Crippen LogP) is 0.629. The number of carbonyl (C=O) groups is 1. The zero-order valence-electron chi connectivity index (χ0n) is 11.7. The van der Waals surface area contributed by atoms with Gasteiger partial charge in [-0.3, -0.25) is 0 Å². The molecule has 18 heavy (non-hydrogen) atoms. The van der Waals surface area contributed by atoms with Gasteiger partial charge in [-0.15, -0.1) is 19.7 Å². The van der Waals surface area contributed by atoms with Crippen LogP contribution in [-0.2, 0) is 9.47 Å². The van der Waals surface area contributed by atoms with E-state index < -0.39 is 14.2 Å². The molecule has 0 bridgehead atoms. The van der Waals surface area contributed by atoms with Crippen molar-refractivity contribution in [2.45, 2.75) is 24.6 Å². The summed E-state index contributed by atoms with van der Waals surface area (Å²) in [5.74, 6) is 0. The zero-order valence-corrected chi connectivity index (χ0v) is 16.7. The molecule has 0 aromatic rings.